The molecule has 4 rings (SSSR count). The van der Waals surface area contributed by atoms with Gasteiger partial charge in [-0.05, 0) is 55.3 Å². The number of hydrogen-bond donors (Lipinski definition) is 0. The van der Waals surface area contributed by atoms with Crippen molar-refractivity contribution in [1.82, 2.24) is 15.1 Å². The van der Waals surface area contributed by atoms with Crippen LogP contribution in [0.25, 0.3) is 11.5 Å². The molecule has 1 aliphatic rings. The Morgan fingerprint density at radius 2 is 1.77 bits per heavy atom. The van der Waals surface area contributed by atoms with E-state index >= 15 is 0 Å². The Morgan fingerprint density at radius 1 is 1.03 bits per heavy atom. The Labute approximate surface area is 176 Å². The van der Waals surface area contributed by atoms with Crippen molar-refractivity contribution in [2.24, 2.45) is 0 Å². The van der Waals surface area contributed by atoms with E-state index in [0.717, 1.165) is 24.4 Å². The molecular weight excluding hydrogens is 380 g/mol. The highest BCUT2D eigenvalue weighted by Gasteiger charge is 2.24. The summed E-state index contributed by atoms with van der Waals surface area (Å²) in [6.07, 6.45) is 0.118. The maximum absolute atomic E-state index is 12.7. The minimum Gasteiger partial charge on any atom is -0.497 e. The zero-order valence-electron chi connectivity index (χ0n) is 17.6. The second-order valence-electron chi connectivity index (χ2n) is 7.56. The van der Waals surface area contributed by atoms with Crippen molar-refractivity contribution < 1.29 is 13.9 Å². The van der Waals surface area contributed by atoms with Crippen LogP contribution in [0.15, 0.2) is 46.9 Å². The van der Waals surface area contributed by atoms with Crippen molar-refractivity contribution in [3.63, 3.8) is 0 Å². The molecule has 156 valence electrons. The fourth-order valence-electron chi connectivity index (χ4n) is 3.67. The van der Waals surface area contributed by atoms with Crippen LogP contribution in [0, 0.1) is 13.8 Å². The van der Waals surface area contributed by atoms with Gasteiger partial charge in [0.1, 0.15) is 12.2 Å². The van der Waals surface area contributed by atoms with E-state index < -0.39 is 0 Å². The van der Waals surface area contributed by atoms with E-state index in [1.165, 1.54) is 16.8 Å². The average molecular weight is 406 g/mol. The Balaban J connectivity index is 1.35. The molecule has 2 heterocycles. The number of carbonyl (C=O) groups is 1. The van der Waals surface area contributed by atoms with Gasteiger partial charge in [0.25, 0.3) is 0 Å². The van der Waals surface area contributed by atoms with Crippen molar-refractivity contribution in [2.45, 2.75) is 20.3 Å². The van der Waals surface area contributed by atoms with Gasteiger partial charge in [-0.3, -0.25) is 4.79 Å². The predicted octanol–water partition coefficient (Wildman–Crippen LogP) is 3.25. The van der Waals surface area contributed by atoms with E-state index in [0.29, 0.717) is 24.9 Å². The number of aromatic nitrogens is 2. The average Bonchev–Trinajstić information content (AvgIpc) is 3.24. The molecule has 0 radical (unpaired) electrons. The van der Waals surface area contributed by atoms with Crippen LogP contribution in [0.5, 0.6) is 5.75 Å². The number of carbonyl (C=O) groups excluding carboxylic acids is 1. The first-order chi connectivity index (χ1) is 14.5. The van der Waals surface area contributed by atoms with Crippen LogP contribution >= 0.6 is 0 Å². The summed E-state index contributed by atoms with van der Waals surface area (Å²) >= 11 is 0. The molecule has 30 heavy (non-hydrogen) atoms. The Bertz CT molecular complexity index is 1020. The lowest BCUT2D eigenvalue weighted by atomic mass is 10.1. The summed E-state index contributed by atoms with van der Waals surface area (Å²) in [5.74, 6) is 1.51. The van der Waals surface area contributed by atoms with E-state index in [2.05, 4.69) is 47.1 Å². The third-order valence-electron chi connectivity index (χ3n) is 5.44. The predicted molar refractivity (Wildman–Crippen MR) is 115 cm³/mol. The fourth-order valence-corrected chi connectivity index (χ4v) is 3.67. The largest absolute Gasteiger partial charge is 0.497 e. The number of ether oxygens (including phenoxy) is 1. The highest BCUT2D eigenvalue weighted by atomic mass is 16.5. The molecule has 0 atom stereocenters. The van der Waals surface area contributed by atoms with Crippen molar-refractivity contribution >= 4 is 11.6 Å². The molecule has 1 aliphatic heterocycles. The quantitative estimate of drug-likeness (QED) is 0.648. The van der Waals surface area contributed by atoms with Gasteiger partial charge in [0, 0.05) is 37.4 Å². The minimum atomic E-state index is 0.0144. The fraction of sp³-hybridized carbons (Fsp3) is 0.348. The van der Waals surface area contributed by atoms with Crippen LogP contribution in [0.4, 0.5) is 5.69 Å². The molecule has 7 heteroatoms. The van der Waals surface area contributed by atoms with E-state index in [1.54, 1.807) is 7.11 Å². The minimum absolute atomic E-state index is 0.0144. The van der Waals surface area contributed by atoms with Crippen molar-refractivity contribution in [2.75, 3.05) is 38.2 Å². The van der Waals surface area contributed by atoms with Crippen molar-refractivity contribution in [3.05, 3.63) is 59.5 Å². The molecule has 3 aromatic rings. The summed E-state index contributed by atoms with van der Waals surface area (Å²) in [6.45, 7) is 7.24. The molecule has 0 spiro atoms. The summed E-state index contributed by atoms with van der Waals surface area (Å²) in [6, 6.07) is 13.9. The molecular formula is C23H26N4O3. The number of piperazine rings is 1. The first-order valence-electron chi connectivity index (χ1n) is 10.1. The van der Waals surface area contributed by atoms with E-state index in [9.17, 15) is 4.79 Å². The van der Waals surface area contributed by atoms with Crippen LogP contribution in [0.1, 0.15) is 17.0 Å². The van der Waals surface area contributed by atoms with Crippen molar-refractivity contribution in [3.8, 4) is 17.2 Å². The number of methoxy groups -OCH3 is 1. The summed E-state index contributed by atoms with van der Waals surface area (Å²) in [4.78, 5) is 16.9. The summed E-state index contributed by atoms with van der Waals surface area (Å²) in [5, 5.41) is 8.12. The number of rotatable bonds is 5. The maximum atomic E-state index is 12.7. The van der Waals surface area contributed by atoms with Gasteiger partial charge in [-0.1, -0.05) is 12.1 Å². The molecule has 0 N–H and O–H groups in total. The topological polar surface area (TPSA) is 71.7 Å². The van der Waals surface area contributed by atoms with Gasteiger partial charge in [0.05, 0.1) is 7.11 Å². The molecule has 0 saturated carbocycles. The number of amides is 1. The number of hydrogen-bond acceptors (Lipinski definition) is 6. The molecule has 0 unspecified atom stereocenters. The summed E-state index contributed by atoms with van der Waals surface area (Å²) in [5.41, 5.74) is 4.56. The highest BCUT2D eigenvalue weighted by molar-refractivity contribution is 5.78. The zero-order chi connectivity index (χ0) is 21.1. The summed E-state index contributed by atoms with van der Waals surface area (Å²) in [7, 11) is 1.62. The molecule has 7 nitrogen and oxygen atoms in total. The van der Waals surface area contributed by atoms with Gasteiger partial charge in [-0.2, -0.15) is 0 Å². The van der Waals surface area contributed by atoms with Crippen LogP contribution in [-0.4, -0.2) is 54.3 Å². The van der Waals surface area contributed by atoms with Crippen LogP contribution in [0.2, 0.25) is 0 Å². The van der Waals surface area contributed by atoms with Gasteiger partial charge in [0.15, 0.2) is 0 Å². The molecule has 1 aromatic heterocycles. The van der Waals surface area contributed by atoms with Crippen LogP contribution in [-0.2, 0) is 11.2 Å². The molecule has 2 aromatic carbocycles. The Hall–Kier alpha value is -3.35. The molecule has 1 saturated heterocycles. The Kier molecular flexibility index (Phi) is 5.70. The third kappa shape index (κ3) is 4.30. The number of nitrogens with zero attached hydrogens (tertiary/aromatic N) is 4. The standard InChI is InChI=1S/C23H26N4O3/c1-16-4-5-17(2)20(14-16)26-10-12-27(13-11-26)22(28)15-21-24-25-23(30-21)18-6-8-19(29-3)9-7-18/h4-9,14H,10-13,15H2,1-3H3. The normalized spacial score (nSPS) is 14.1. The smallest absolute Gasteiger partial charge is 0.247 e. The van der Waals surface area contributed by atoms with Gasteiger partial charge in [-0.25, -0.2) is 0 Å². The second-order valence-corrected chi connectivity index (χ2v) is 7.56. The first kappa shape index (κ1) is 19.9. The maximum Gasteiger partial charge on any atom is 0.247 e. The second kappa shape index (κ2) is 8.57. The molecule has 0 bridgehead atoms. The van der Waals surface area contributed by atoms with Crippen molar-refractivity contribution in [1.29, 1.82) is 0 Å². The van der Waals surface area contributed by atoms with E-state index in [4.69, 9.17) is 9.15 Å². The lowest BCUT2D eigenvalue weighted by Gasteiger charge is -2.36. The van der Waals surface area contributed by atoms with E-state index in [1.807, 2.05) is 29.2 Å². The van der Waals surface area contributed by atoms with Gasteiger partial charge < -0.3 is 19.0 Å². The lowest BCUT2D eigenvalue weighted by molar-refractivity contribution is -0.131. The monoisotopic (exact) mass is 406 g/mol. The van der Waals surface area contributed by atoms with Gasteiger partial charge in [0.2, 0.25) is 17.7 Å². The SMILES string of the molecule is COc1ccc(-c2nnc(CC(=O)N3CCN(c4cc(C)ccc4C)CC3)o2)cc1. The molecule has 0 aliphatic carbocycles. The third-order valence-corrected chi connectivity index (χ3v) is 5.44. The van der Waals surface area contributed by atoms with Crippen LogP contribution < -0.4 is 9.64 Å². The van der Waals surface area contributed by atoms with Gasteiger partial charge >= 0.3 is 0 Å². The number of aryl methyl sites for hydroxylation is 2. The first-order valence-corrected chi connectivity index (χ1v) is 10.1. The highest BCUT2D eigenvalue weighted by Crippen LogP contribution is 2.24. The lowest BCUT2D eigenvalue weighted by Crippen LogP contribution is -2.49. The molecule has 1 fully saturated rings. The summed E-state index contributed by atoms with van der Waals surface area (Å²) < 4.78 is 10.9. The number of benzene rings is 2. The number of anilines is 1. The van der Waals surface area contributed by atoms with Gasteiger partial charge in [-0.15, -0.1) is 10.2 Å². The Morgan fingerprint density at radius 3 is 2.47 bits per heavy atom. The van der Waals surface area contributed by atoms with E-state index in [-0.39, 0.29) is 12.3 Å². The molecule has 1 amide bonds. The zero-order valence-corrected chi connectivity index (χ0v) is 17.6. The van der Waals surface area contributed by atoms with Crippen LogP contribution in [0.3, 0.4) is 0 Å².